The molecule has 0 aliphatic carbocycles. The predicted octanol–water partition coefficient (Wildman–Crippen LogP) is 5.89. The molecule has 5 rings (SSSR count). The second-order valence-corrected chi connectivity index (χ2v) is 10.5. The van der Waals surface area contributed by atoms with Crippen molar-refractivity contribution in [3.63, 3.8) is 0 Å². The van der Waals surface area contributed by atoms with Crippen LogP contribution in [-0.2, 0) is 4.79 Å². The minimum Gasteiger partial charge on any atom is -0.358 e. The summed E-state index contributed by atoms with van der Waals surface area (Å²) in [6, 6.07) is 12.3. The van der Waals surface area contributed by atoms with Gasteiger partial charge in [-0.15, -0.1) is 0 Å². The number of fused-ring (bicyclic) bond motifs is 1. The highest BCUT2D eigenvalue weighted by atomic mass is 35.5. The number of amides is 3. The van der Waals surface area contributed by atoms with Crippen LogP contribution in [0, 0.1) is 13.8 Å². The summed E-state index contributed by atoms with van der Waals surface area (Å²) in [5.74, 6) is -0.467. The summed E-state index contributed by atoms with van der Waals surface area (Å²) < 4.78 is 0. The average Bonchev–Trinajstić information content (AvgIpc) is 3.37. The molecule has 3 heterocycles. The van der Waals surface area contributed by atoms with Gasteiger partial charge in [-0.25, -0.2) is 0 Å². The number of H-pyrrole nitrogens is 1. The summed E-state index contributed by atoms with van der Waals surface area (Å²) in [5, 5.41) is 6.49. The monoisotopic (exact) mass is 530 g/mol. The molecule has 0 unspecified atom stereocenters. The number of piperidine rings is 1. The first-order chi connectivity index (χ1) is 18.2. The molecule has 196 valence electrons. The van der Waals surface area contributed by atoms with E-state index in [4.69, 9.17) is 11.6 Å². The van der Waals surface area contributed by atoms with E-state index in [2.05, 4.69) is 15.6 Å². The molecule has 1 aromatic heterocycles. The third-order valence-electron chi connectivity index (χ3n) is 7.38. The number of hydrogen-bond acceptors (Lipinski definition) is 3. The molecule has 0 radical (unpaired) electrons. The molecule has 7 nitrogen and oxygen atoms in total. The van der Waals surface area contributed by atoms with Gasteiger partial charge >= 0.3 is 0 Å². The molecule has 38 heavy (non-hydrogen) atoms. The maximum absolute atomic E-state index is 13.2. The Morgan fingerprint density at radius 2 is 1.84 bits per heavy atom. The third kappa shape index (κ3) is 4.98. The van der Waals surface area contributed by atoms with Gasteiger partial charge in [0.1, 0.15) is 0 Å². The largest absolute Gasteiger partial charge is 0.358 e. The number of nitrogens with one attached hydrogen (secondary N) is 3. The average molecular weight is 531 g/mol. The van der Waals surface area contributed by atoms with Crippen molar-refractivity contribution in [3.05, 3.63) is 86.7 Å². The number of carbonyl (C=O) groups excluding carboxylic acids is 3. The van der Waals surface area contributed by atoms with Gasteiger partial charge in [0, 0.05) is 46.3 Å². The quantitative estimate of drug-likeness (QED) is 0.359. The standard InChI is InChI=1S/C30H31ClN4O3/c1-17-26(32-19(3)27(17)30(38)35-12-5-4-6-13-35)16-24-23-15-21(10-11-25(23)34-29(24)37)28(36)33-18(2)20-8-7-9-22(31)14-20/h7-11,14-16,18,32H,4-6,12-13H2,1-3H3,(H,33,36)(H,34,37)/t18-/m0/s1. The predicted molar refractivity (Wildman–Crippen MR) is 150 cm³/mol. The van der Waals surface area contributed by atoms with Crippen LogP contribution in [0.2, 0.25) is 5.02 Å². The number of aryl methyl sites for hydroxylation is 1. The van der Waals surface area contributed by atoms with Crippen LogP contribution in [0.4, 0.5) is 5.69 Å². The van der Waals surface area contributed by atoms with Crippen molar-refractivity contribution < 1.29 is 14.4 Å². The molecule has 0 bridgehead atoms. The van der Waals surface area contributed by atoms with E-state index < -0.39 is 0 Å². The van der Waals surface area contributed by atoms with Gasteiger partial charge in [0.25, 0.3) is 17.7 Å². The number of nitrogens with zero attached hydrogens (tertiary/aromatic N) is 1. The van der Waals surface area contributed by atoms with Crippen LogP contribution in [-0.4, -0.2) is 40.7 Å². The SMILES string of the molecule is Cc1[nH]c(C=C2C(=O)Nc3ccc(C(=O)N[C@@H](C)c4cccc(Cl)c4)cc32)c(C)c1C(=O)N1CCCCC1. The summed E-state index contributed by atoms with van der Waals surface area (Å²) in [5.41, 5.74) is 6.06. The molecular weight excluding hydrogens is 500 g/mol. The summed E-state index contributed by atoms with van der Waals surface area (Å²) in [6.45, 7) is 7.23. The van der Waals surface area contributed by atoms with E-state index in [9.17, 15) is 14.4 Å². The van der Waals surface area contributed by atoms with Crippen molar-refractivity contribution in [1.29, 1.82) is 0 Å². The van der Waals surface area contributed by atoms with Crippen LogP contribution >= 0.6 is 11.6 Å². The Morgan fingerprint density at radius 3 is 2.58 bits per heavy atom. The van der Waals surface area contributed by atoms with Gasteiger partial charge < -0.3 is 20.5 Å². The van der Waals surface area contributed by atoms with Crippen LogP contribution in [0.25, 0.3) is 11.6 Å². The molecule has 3 N–H and O–H groups in total. The van der Waals surface area contributed by atoms with E-state index in [0.717, 1.165) is 49.2 Å². The molecule has 3 amide bonds. The molecule has 1 atom stereocenters. The van der Waals surface area contributed by atoms with Crippen molar-refractivity contribution in [2.24, 2.45) is 0 Å². The van der Waals surface area contributed by atoms with E-state index in [1.54, 1.807) is 30.3 Å². The number of benzene rings is 2. The summed E-state index contributed by atoms with van der Waals surface area (Å²) in [7, 11) is 0. The van der Waals surface area contributed by atoms with Crippen molar-refractivity contribution in [1.82, 2.24) is 15.2 Å². The molecule has 2 aromatic carbocycles. The molecule has 8 heteroatoms. The third-order valence-corrected chi connectivity index (χ3v) is 7.62. The van der Waals surface area contributed by atoms with Gasteiger partial charge in [0.05, 0.1) is 17.2 Å². The van der Waals surface area contributed by atoms with E-state index in [1.807, 2.05) is 43.9 Å². The van der Waals surface area contributed by atoms with Gasteiger partial charge in [0.2, 0.25) is 0 Å². The molecule has 2 aliphatic rings. The minimum atomic E-state index is -0.250. The number of anilines is 1. The zero-order chi connectivity index (χ0) is 27.0. The topological polar surface area (TPSA) is 94.3 Å². The van der Waals surface area contributed by atoms with E-state index in [-0.39, 0.29) is 23.8 Å². The maximum Gasteiger partial charge on any atom is 0.256 e. The lowest BCUT2D eigenvalue weighted by atomic mass is 10.0. The van der Waals surface area contributed by atoms with Crippen LogP contribution in [0.5, 0.6) is 0 Å². The van der Waals surface area contributed by atoms with Crippen LogP contribution < -0.4 is 10.6 Å². The molecular formula is C30H31ClN4O3. The first kappa shape index (κ1) is 25.8. The van der Waals surface area contributed by atoms with Crippen molar-refractivity contribution in [2.75, 3.05) is 18.4 Å². The first-order valence-corrected chi connectivity index (χ1v) is 13.3. The van der Waals surface area contributed by atoms with Crippen LogP contribution in [0.15, 0.2) is 42.5 Å². The van der Waals surface area contributed by atoms with Crippen molar-refractivity contribution >= 4 is 46.7 Å². The first-order valence-electron chi connectivity index (χ1n) is 12.9. The second kappa shape index (κ2) is 10.5. The Kier molecular flexibility index (Phi) is 7.13. The zero-order valence-corrected chi connectivity index (χ0v) is 22.5. The van der Waals surface area contributed by atoms with Gasteiger partial charge in [-0.1, -0.05) is 23.7 Å². The molecule has 1 fully saturated rings. The number of likely N-dealkylation sites (tertiary alicyclic amines) is 1. The van der Waals surface area contributed by atoms with Gasteiger partial charge in [-0.2, -0.15) is 0 Å². The zero-order valence-electron chi connectivity index (χ0n) is 21.8. The fourth-order valence-electron chi connectivity index (χ4n) is 5.25. The Balaban J connectivity index is 1.42. The number of hydrogen-bond donors (Lipinski definition) is 3. The minimum absolute atomic E-state index is 0.0321. The Morgan fingerprint density at radius 1 is 1.08 bits per heavy atom. The molecule has 2 aliphatic heterocycles. The second-order valence-electron chi connectivity index (χ2n) is 10.0. The molecule has 1 saturated heterocycles. The molecule has 0 saturated carbocycles. The van der Waals surface area contributed by atoms with Crippen LogP contribution in [0.3, 0.4) is 0 Å². The number of halogens is 1. The van der Waals surface area contributed by atoms with Crippen molar-refractivity contribution in [2.45, 2.75) is 46.1 Å². The maximum atomic E-state index is 13.2. The van der Waals surface area contributed by atoms with Gasteiger partial charge in [-0.05, 0) is 87.6 Å². The lowest BCUT2D eigenvalue weighted by Crippen LogP contribution is -2.36. The van der Waals surface area contributed by atoms with Crippen LogP contribution in [0.1, 0.15) is 81.0 Å². The van der Waals surface area contributed by atoms with Gasteiger partial charge in [-0.3, -0.25) is 14.4 Å². The fraction of sp³-hybridized carbons (Fsp3) is 0.300. The molecule has 0 spiro atoms. The Hall–Kier alpha value is -3.84. The summed E-state index contributed by atoms with van der Waals surface area (Å²) in [6.07, 6.45) is 4.97. The van der Waals surface area contributed by atoms with Crippen molar-refractivity contribution in [3.8, 4) is 0 Å². The Labute approximate surface area is 227 Å². The molecule has 3 aromatic rings. The highest BCUT2D eigenvalue weighted by Crippen LogP contribution is 2.35. The lowest BCUT2D eigenvalue weighted by molar-refractivity contribution is -0.110. The number of rotatable bonds is 5. The normalized spacial score (nSPS) is 16.8. The number of carbonyl (C=O) groups is 3. The highest BCUT2D eigenvalue weighted by Gasteiger charge is 2.28. The summed E-state index contributed by atoms with van der Waals surface area (Å²) in [4.78, 5) is 44.4. The van der Waals surface area contributed by atoms with Gasteiger partial charge in [0.15, 0.2) is 0 Å². The highest BCUT2D eigenvalue weighted by molar-refractivity contribution is 6.35. The fourth-order valence-corrected chi connectivity index (χ4v) is 5.45. The lowest BCUT2D eigenvalue weighted by Gasteiger charge is -2.27. The van der Waals surface area contributed by atoms with E-state index >= 15 is 0 Å². The Bertz CT molecular complexity index is 1470. The van der Waals surface area contributed by atoms with E-state index in [1.165, 1.54) is 0 Å². The number of aromatic amines is 1. The summed E-state index contributed by atoms with van der Waals surface area (Å²) >= 11 is 6.10. The number of aromatic nitrogens is 1. The smallest absolute Gasteiger partial charge is 0.256 e. The van der Waals surface area contributed by atoms with E-state index in [0.29, 0.717) is 38.7 Å².